The minimum atomic E-state index is -0.285. The number of ether oxygens (including phenoxy) is 2. The van der Waals surface area contributed by atoms with Gasteiger partial charge in [-0.3, -0.25) is 0 Å². The maximum atomic E-state index is 10.7. The van der Waals surface area contributed by atoms with Crippen molar-refractivity contribution in [1.29, 1.82) is 0 Å². The third-order valence-electron chi connectivity index (χ3n) is 2.67. The van der Waals surface area contributed by atoms with E-state index in [-0.39, 0.29) is 11.5 Å². The largest absolute Gasteiger partial charge is 0.449 e. The molecule has 1 spiro atoms. The summed E-state index contributed by atoms with van der Waals surface area (Å²) < 4.78 is 10.2. The van der Waals surface area contributed by atoms with Gasteiger partial charge >= 0.3 is 6.09 Å². The average molecular weight is 171 g/mol. The van der Waals surface area contributed by atoms with E-state index in [0.717, 1.165) is 32.6 Å². The Morgan fingerprint density at radius 3 is 2.67 bits per heavy atom. The van der Waals surface area contributed by atoms with Crippen molar-refractivity contribution in [2.24, 2.45) is 5.41 Å². The van der Waals surface area contributed by atoms with Crippen molar-refractivity contribution in [3.63, 3.8) is 0 Å². The third-order valence-corrected chi connectivity index (χ3v) is 2.67. The summed E-state index contributed by atoms with van der Waals surface area (Å²) in [6.07, 6.45) is 1.70. The second kappa shape index (κ2) is 2.94. The van der Waals surface area contributed by atoms with Gasteiger partial charge < -0.3 is 14.8 Å². The van der Waals surface area contributed by atoms with E-state index in [1.165, 1.54) is 0 Å². The second-order valence-electron chi connectivity index (χ2n) is 3.54. The minimum absolute atomic E-state index is 0.159. The Balaban J connectivity index is 1.96. The molecule has 0 saturated carbocycles. The number of hydrogen-bond acceptors (Lipinski definition) is 3. The molecule has 0 unspecified atom stereocenters. The normalized spacial score (nSPS) is 27.8. The lowest BCUT2D eigenvalue weighted by Crippen LogP contribution is -2.49. The topological polar surface area (TPSA) is 47.6 Å². The van der Waals surface area contributed by atoms with Gasteiger partial charge in [0.2, 0.25) is 0 Å². The molecule has 2 aliphatic rings. The van der Waals surface area contributed by atoms with Crippen LogP contribution in [-0.4, -0.2) is 32.5 Å². The van der Waals surface area contributed by atoms with E-state index in [1.54, 1.807) is 0 Å². The van der Waals surface area contributed by atoms with Crippen molar-refractivity contribution in [3.8, 4) is 0 Å². The molecular formula is C8H13NO3. The zero-order valence-electron chi connectivity index (χ0n) is 6.97. The maximum absolute atomic E-state index is 10.7. The van der Waals surface area contributed by atoms with Gasteiger partial charge in [-0.2, -0.15) is 0 Å². The van der Waals surface area contributed by atoms with Crippen LogP contribution >= 0.6 is 0 Å². The summed E-state index contributed by atoms with van der Waals surface area (Å²) in [7, 11) is 0. The number of nitrogens with one attached hydrogen (secondary N) is 1. The van der Waals surface area contributed by atoms with Crippen LogP contribution in [0.15, 0.2) is 0 Å². The van der Waals surface area contributed by atoms with Crippen LogP contribution in [-0.2, 0) is 9.47 Å². The Kier molecular flexibility index (Phi) is 1.92. The van der Waals surface area contributed by atoms with E-state index >= 15 is 0 Å². The smallest absolute Gasteiger partial charge is 0.407 e. The summed E-state index contributed by atoms with van der Waals surface area (Å²) >= 11 is 0. The number of hydrogen-bond donors (Lipinski definition) is 1. The fourth-order valence-electron chi connectivity index (χ4n) is 1.71. The van der Waals surface area contributed by atoms with E-state index in [2.05, 4.69) is 5.32 Å². The van der Waals surface area contributed by atoms with E-state index in [9.17, 15) is 4.79 Å². The number of carbonyl (C=O) groups excluding carboxylic acids is 1. The molecule has 2 heterocycles. The lowest BCUT2D eigenvalue weighted by molar-refractivity contribution is -0.0350. The monoisotopic (exact) mass is 171 g/mol. The van der Waals surface area contributed by atoms with E-state index in [4.69, 9.17) is 9.47 Å². The summed E-state index contributed by atoms with van der Waals surface area (Å²) in [6.45, 7) is 2.88. The molecule has 0 bridgehead atoms. The molecule has 2 saturated heterocycles. The predicted octanol–water partition coefficient (Wildman–Crippen LogP) is 0.523. The molecule has 1 N–H and O–H groups in total. The van der Waals surface area contributed by atoms with Gasteiger partial charge in [0.05, 0.1) is 0 Å². The van der Waals surface area contributed by atoms with Crippen molar-refractivity contribution in [3.05, 3.63) is 0 Å². The van der Waals surface area contributed by atoms with Gasteiger partial charge in [0.25, 0.3) is 0 Å². The standard InChI is InChI=1S/C8H13NO3/c10-7-9-5-8(6-12-7)1-3-11-4-2-8/h1-6H2,(H,9,10). The second-order valence-corrected chi connectivity index (χ2v) is 3.54. The van der Waals surface area contributed by atoms with Crippen LogP contribution in [0.3, 0.4) is 0 Å². The molecule has 0 radical (unpaired) electrons. The fraction of sp³-hybridized carbons (Fsp3) is 0.875. The first kappa shape index (κ1) is 7.86. The molecule has 0 aromatic heterocycles. The highest BCUT2D eigenvalue weighted by atomic mass is 16.6. The highest BCUT2D eigenvalue weighted by Gasteiger charge is 2.37. The molecule has 4 nitrogen and oxygen atoms in total. The molecule has 2 aliphatic heterocycles. The Morgan fingerprint density at radius 2 is 2.08 bits per heavy atom. The lowest BCUT2D eigenvalue weighted by atomic mass is 9.80. The van der Waals surface area contributed by atoms with Crippen LogP contribution < -0.4 is 5.32 Å². The van der Waals surface area contributed by atoms with Crippen molar-refractivity contribution in [1.82, 2.24) is 5.32 Å². The molecule has 0 aromatic carbocycles. The first-order chi connectivity index (χ1) is 5.81. The van der Waals surface area contributed by atoms with E-state index < -0.39 is 0 Å². The van der Waals surface area contributed by atoms with Gasteiger partial charge in [-0.05, 0) is 12.8 Å². The Morgan fingerprint density at radius 1 is 1.33 bits per heavy atom. The van der Waals surface area contributed by atoms with E-state index in [1.807, 2.05) is 0 Å². The third kappa shape index (κ3) is 1.39. The SMILES string of the molecule is O=C1NCC2(CCOCC2)CO1. The van der Waals surface area contributed by atoms with Gasteiger partial charge in [0.1, 0.15) is 6.61 Å². The molecular weight excluding hydrogens is 158 g/mol. The summed E-state index contributed by atoms with van der Waals surface area (Å²) in [4.78, 5) is 10.7. The predicted molar refractivity (Wildman–Crippen MR) is 41.8 cm³/mol. The zero-order chi connectivity index (χ0) is 8.44. The zero-order valence-corrected chi connectivity index (χ0v) is 6.97. The van der Waals surface area contributed by atoms with Gasteiger partial charge in [-0.25, -0.2) is 4.79 Å². The Bertz CT molecular complexity index is 175. The first-order valence-electron chi connectivity index (χ1n) is 4.29. The number of cyclic esters (lactones) is 1. The molecule has 2 fully saturated rings. The fourth-order valence-corrected chi connectivity index (χ4v) is 1.71. The summed E-state index contributed by atoms with van der Waals surface area (Å²) in [5.74, 6) is 0. The quantitative estimate of drug-likeness (QED) is 0.578. The number of alkyl carbamates (subject to hydrolysis) is 1. The van der Waals surface area contributed by atoms with Crippen LogP contribution in [0.25, 0.3) is 0 Å². The van der Waals surface area contributed by atoms with Gasteiger partial charge in [0, 0.05) is 25.2 Å². The Hall–Kier alpha value is -0.770. The van der Waals surface area contributed by atoms with Crippen LogP contribution in [0.2, 0.25) is 0 Å². The molecule has 0 atom stereocenters. The Labute approximate surface area is 71.2 Å². The molecule has 1 amide bonds. The number of rotatable bonds is 0. The van der Waals surface area contributed by atoms with Crippen LogP contribution in [0.4, 0.5) is 4.79 Å². The molecule has 12 heavy (non-hydrogen) atoms. The lowest BCUT2D eigenvalue weighted by Gasteiger charge is -2.39. The molecule has 0 aromatic rings. The van der Waals surface area contributed by atoms with Crippen LogP contribution in [0.1, 0.15) is 12.8 Å². The summed E-state index contributed by atoms with van der Waals surface area (Å²) in [5.41, 5.74) is 0.159. The number of carbonyl (C=O) groups is 1. The summed E-state index contributed by atoms with van der Waals surface area (Å²) in [6, 6.07) is 0. The number of amides is 1. The summed E-state index contributed by atoms with van der Waals surface area (Å²) in [5, 5.41) is 2.73. The van der Waals surface area contributed by atoms with Crippen LogP contribution in [0.5, 0.6) is 0 Å². The first-order valence-corrected chi connectivity index (χ1v) is 4.29. The minimum Gasteiger partial charge on any atom is -0.449 e. The van der Waals surface area contributed by atoms with Crippen molar-refractivity contribution in [2.75, 3.05) is 26.4 Å². The van der Waals surface area contributed by atoms with Gasteiger partial charge in [0.15, 0.2) is 0 Å². The van der Waals surface area contributed by atoms with Crippen molar-refractivity contribution < 1.29 is 14.3 Å². The molecule has 68 valence electrons. The van der Waals surface area contributed by atoms with Crippen molar-refractivity contribution in [2.45, 2.75) is 12.8 Å². The highest BCUT2D eigenvalue weighted by Crippen LogP contribution is 2.31. The van der Waals surface area contributed by atoms with E-state index in [0.29, 0.717) is 6.61 Å². The molecule has 2 rings (SSSR count). The highest BCUT2D eigenvalue weighted by molar-refractivity contribution is 5.68. The average Bonchev–Trinajstić information content (AvgIpc) is 2.13. The van der Waals surface area contributed by atoms with Gasteiger partial charge in [-0.1, -0.05) is 0 Å². The maximum Gasteiger partial charge on any atom is 0.407 e. The van der Waals surface area contributed by atoms with Gasteiger partial charge in [-0.15, -0.1) is 0 Å². The molecule has 0 aliphatic carbocycles. The van der Waals surface area contributed by atoms with Crippen molar-refractivity contribution >= 4 is 6.09 Å². The molecule has 4 heteroatoms. The van der Waals surface area contributed by atoms with Crippen LogP contribution in [0, 0.1) is 5.41 Å².